The van der Waals surface area contributed by atoms with Gasteiger partial charge >= 0.3 is 0 Å². The molecule has 1 saturated heterocycles. The fourth-order valence-corrected chi connectivity index (χ4v) is 3.23. The molecule has 2 heterocycles. The lowest BCUT2D eigenvalue weighted by Crippen LogP contribution is -2.39. The maximum absolute atomic E-state index is 13.0. The van der Waals surface area contributed by atoms with Crippen LogP contribution >= 0.6 is 0 Å². The molecule has 1 atom stereocenters. The van der Waals surface area contributed by atoms with Gasteiger partial charge in [0.15, 0.2) is 0 Å². The summed E-state index contributed by atoms with van der Waals surface area (Å²) < 4.78 is 0. The van der Waals surface area contributed by atoms with Gasteiger partial charge in [0.2, 0.25) is 5.91 Å². The zero-order chi connectivity index (χ0) is 18.4. The van der Waals surface area contributed by atoms with Gasteiger partial charge in [0.05, 0.1) is 17.2 Å². The number of amides is 2. The van der Waals surface area contributed by atoms with Crippen LogP contribution in [-0.4, -0.2) is 34.3 Å². The Balaban J connectivity index is 1.84. The van der Waals surface area contributed by atoms with Gasteiger partial charge in [0, 0.05) is 18.9 Å². The smallest absolute Gasteiger partial charge is 0.255 e. The fraction of sp³-hybridized carbons (Fsp3) is 0.286. The number of pyridine rings is 1. The van der Waals surface area contributed by atoms with Crippen LogP contribution in [0.4, 0.5) is 0 Å². The number of nitrogens with two attached hydrogens (primary N) is 1. The molecule has 26 heavy (non-hydrogen) atoms. The van der Waals surface area contributed by atoms with Gasteiger partial charge in [-0.1, -0.05) is 55.3 Å². The lowest BCUT2D eigenvalue weighted by molar-refractivity contribution is 0.0718. The predicted octanol–water partition coefficient (Wildman–Crippen LogP) is 3.28. The van der Waals surface area contributed by atoms with E-state index in [4.69, 9.17) is 5.73 Å². The van der Waals surface area contributed by atoms with Crippen molar-refractivity contribution in [2.24, 2.45) is 5.73 Å². The lowest BCUT2D eigenvalue weighted by atomic mass is 10.1. The van der Waals surface area contributed by atoms with E-state index in [0.29, 0.717) is 12.1 Å². The molecular weight excluding hydrogens is 326 g/mol. The number of carbonyl (C=O) groups excluding carboxylic acids is 2. The zero-order valence-corrected chi connectivity index (χ0v) is 14.7. The van der Waals surface area contributed by atoms with Crippen molar-refractivity contribution in [1.29, 1.82) is 0 Å². The molecule has 0 spiro atoms. The normalized spacial score (nSPS) is 17.8. The van der Waals surface area contributed by atoms with Gasteiger partial charge in [-0.2, -0.15) is 0 Å². The van der Waals surface area contributed by atoms with E-state index in [1.54, 1.807) is 0 Å². The van der Waals surface area contributed by atoms with E-state index in [9.17, 15) is 9.59 Å². The first-order valence-corrected chi connectivity index (χ1v) is 8.94. The molecule has 0 saturated carbocycles. The number of hydrogen-bond donors (Lipinski definition) is 1. The third kappa shape index (κ3) is 4.36. The number of likely N-dealkylation sites (tertiary alicyclic amines) is 1. The summed E-state index contributed by atoms with van der Waals surface area (Å²) in [5.74, 6) is -0.686. The number of primary amides is 1. The standard InChI is InChI=1S/C21H23N3O2/c22-20(25)17-13-18(15-23-14-17)21(26)24-12-6-2-5-9-19(24)11-10-16-7-3-1-4-8-16/h1,3-4,7-8,10-11,13-15,19H,2,5-6,9,12H2,(H2,22,25)/b11-10+. The Bertz CT molecular complexity index is 802. The van der Waals surface area contributed by atoms with Crippen molar-refractivity contribution in [2.45, 2.75) is 31.7 Å². The third-order valence-electron chi connectivity index (χ3n) is 4.64. The van der Waals surface area contributed by atoms with Gasteiger partial charge in [-0.3, -0.25) is 14.6 Å². The van der Waals surface area contributed by atoms with Crippen LogP contribution in [-0.2, 0) is 0 Å². The Hall–Kier alpha value is -2.95. The van der Waals surface area contributed by atoms with E-state index in [1.807, 2.05) is 35.2 Å². The average Bonchev–Trinajstić information content (AvgIpc) is 2.92. The molecule has 134 valence electrons. The first-order chi connectivity index (χ1) is 12.6. The summed E-state index contributed by atoms with van der Waals surface area (Å²) in [6, 6.07) is 11.6. The van der Waals surface area contributed by atoms with E-state index >= 15 is 0 Å². The summed E-state index contributed by atoms with van der Waals surface area (Å²) in [5.41, 5.74) is 7.08. The number of benzene rings is 1. The Morgan fingerprint density at radius 3 is 2.62 bits per heavy atom. The van der Waals surface area contributed by atoms with E-state index in [2.05, 4.69) is 17.1 Å². The fourth-order valence-electron chi connectivity index (χ4n) is 3.23. The highest BCUT2D eigenvalue weighted by Crippen LogP contribution is 2.21. The van der Waals surface area contributed by atoms with Crippen LogP contribution in [0.3, 0.4) is 0 Å². The number of hydrogen-bond acceptors (Lipinski definition) is 3. The number of aromatic nitrogens is 1. The first-order valence-electron chi connectivity index (χ1n) is 8.94. The largest absolute Gasteiger partial charge is 0.366 e. The second-order valence-corrected chi connectivity index (χ2v) is 6.51. The van der Waals surface area contributed by atoms with Crippen molar-refractivity contribution in [3.05, 3.63) is 71.6 Å². The minimum atomic E-state index is -0.580. The summed E-state index contributed by atoms with van der Waals surface area (Å²) >= 11 is 0. The molecule has 1 fully saturated rings. The minimum absolute atomic E-state index is 0.0300. The van der Waals surface area contributed by atoms with Crippen molar-refractivity contribution < 1.29 is 9.59 Å². The summed E-state index contributed by atoms with van der Waals surface area (Å²) in [7, 11) is 0. The summed E-state index contributed by atoms with van der Waals surface area (Å²) in [6.45, 7) is 0.698. The molecule has 5 heteroatoms. The molecule has 0 radical (unpaired) electrons. The second kappa shape index (κ2) is 8.43. The molecule has 2 amide bonds. The van der Waals surface area contributed by atoms with Gasteiger partial charge in [0.1, 0.15) is 0 Å². The van der Waals surface area contributed by atoms with Crippen molar-refractivity contribution in [1.82, 2.24) is 9.88 Å². The summed E-state index contributed by atoms with van der Waals surface area (Å²) in [6.07, 6.45) is 11.2. The molecule has 1 aliphatic rings. The van der Waals surface area contributed by atoms with Crippen LogP contribution < -0.4 is 5.73 Å². The molecule has 3 rings (SSSR count). The minimum Gasteiger partial charge on any atom is -0.366 e. The van der Waals surface area contributed by atoms with Crippen LogP contribution in [0, 0.1) is 0 Å². The van der Waals surface area contributed by atoms with Crippen molar-refractivity contribution in [3.8, 4) is 0 Å². The monoisotopic (exact) mass is 349 g/mol. The van der Waals surface area contributed by atoms with Gasteiger partial charge < -0.3 is 10.6 Å². The van der Waals surface area contributed by atoms with Crippen molar-refractivity contribution >= 4 is 17.9 Å². The number of rotatable bonds is 4. The van der Waals surface area contributed by atoms with E-state index in [-0.39, 0.29) is 17.5 Å². The first kappa shape index (κ1) is 17.9. The molecule has 2 aromatic rings. The highest BCUT2D eigenvalue weighted by molar-refractivity contribution is 5.98. The van der Waals surface area contributed by atoms with Crippen LogP contribution in [0.1, 0.15) is 52.0 Å². The van der Waals surface area contributed by atoms with E-state index < -0.39 is 5.91 Å². The maximum atomic E-state index is 13.0. The molecule has 5 nitrogen and oxygen atoms in total. The van der Waals surface area contributed by atoms with Crippen LogP contribution in [0.15, 0.2) is 54.9 Å². The predicted molar refractivity (Wildman–Crippen MR) is 102 cm³/mol. The highest BCUT2D eigenvalue weighted by Gasteiger charge is 2.25. The third-order valence-corrected chi connectivity index (χ3v) is 4.64. The van der Waals surface area contributed by atoms with Gasteiger partial charge in [0.25, 0.3) is 5.91 Å². The lowest BCUT2D eigenvalue weighted by Gasteiger charge is -2.28. The Morgan fingerprint density at radius 2 is 1.85 bits per heavy atom. The second-order valence-electron chi connectivity index (χ2n) is 6.51. The van der Waals surface area contributed by atoms with Crippen molar-refractivity contribution in [3.63, 3.8) is 0 Å². The van der Waals surface area contributed by atoms with Crippen LogP contribution in [0.5, 0.6) is 0 Å². The molecule has 1 aromatic carbocycles. The summed E-state index contributed by atoms with van der Waals surface area (Å²) in [5, 5.41) is 0. The Labute approximate surface area is 153 Å². The quantitative estimate of drug-likeness (QED) is 0.920. The molecule has 0 bridgehead atoms. The van der Waals surface area contributed by atoms with Crippen LogP contribution in [0.25, 0.3) is 6.08 Å². The number of nitrogens with zero attached hydrogens (tertiary/aromatic N) is 2. The topological polar surface area (TPSA) is 76.3 Å². The molecule has 1 unspecified atom stereocenters. The summed E-state index contributed by atoms with van der Waals surface area (Å²) in [4.78, 5) is 30.3. The maximum Gasteiger partial charge on any atom is 0.255 e. The molecule has 0 aliphatic carbocycles. The van der Waals surface area contributed by atoms with E-state index in [1.165, 1.54) is 18.5 Å². The Morgan fingerprint density at radius 1 is 1.08 bits per heavy atom. The van der Waals surface area contributed by atoms with Crippen LogP contribution in [0.2, 0.25) is 0 Å². The molecule has 1 aliphatic heterocycles. The molecular formula is C21H23N3O2. The van der Waals surface area contributed by atoms with Crippen molar-refractivity contribution in [2.75, 3.05) is 6.54 Å². The van der Waals surface area contributed by atoms with Gasteiger partial charge in [-0.25, -0.2) is 0 Å². The molecule has 1 aromatic heterocycles. The molecule has 2 N–H and O–H groups in total. The SMILES string of the molecule is NC(=O)c1cncc(C(=O)N2CCCCCC2/C=C/c2ccccc2)c1. The Kier molecular flexibility index (Phi) is 5.79. The number of carbonyl (C=O) groups is 2. The zero-order valence-electron chi connectivity index (χ0n) is 14.7. The van der Waals surface area contributed by atoms with Gasteiger partial charge in [-0.05, 0) is 24.5 Å². The highest BCUT2D eigenvalue weighted by atomic mass is 16.2. The van der Waals surface area contributed by atoms with E-state index in [0.717, 1.165) is 31.2 Å². The van der Waals surface area contributed by atoms with Gasteiger partial charge in [-0.15, -0.1) is 0 Å². The average molecular weight is 349 g/mol.